The third kappa shape index (κ3) is 2.83. The fraction of sp³-hybridized carbons (Fsp3) is 0.125. The van der Waals surface area contributed by atoms with E-state index in [2.05, 4.69) is 31.9 Å². The average molecular weight is 345 g/mol. The molecule has 0 aliphatic carbocycles. The van der Waals surface area contributed by atoms with Gasteiger partial charge in [0.05, 0.1) is 28.8 Å². The second-order valence-electron chi connectivity index (χ2n) is 4.75. The van der Waals surface area contributed by atoms with Crippen LogP contribution in [0.1, 0.15) is 21.5 Å². The molecule has 0 aliphatic rings. The minimum atomic E-state index is -0.316. The van der Waals surface area contributed by atoms with Crippen LogP contribution in [0.4, 0.5) is 0 Å². The molecule has 0 aliphatic heterocycles. The van der Waals surface area contributed by atoms with Gasteiger partial charge in [-0.05, 0) is 41.8 Å². The molecule has 0 radical (unpaired) electrons. The number of benzene rings is 1. The first kappa shape index (κ1) is 13.8. The first-order valence-corrected chi connectivity index (χ1v) is 7.17. The van der Waals surface area contributed by atoms with Crippen LogP contribution in [-0.4, -0.2) is 21.7 Å². The van der Waals surface area contributed by atoms with Crippen LogP contribution in [0, 0.1) is 0 Å². The summed E-state index contributed by atoms with van der Waals surface area (Å²) >= 11 is 3.40. The number of fused-ring (bicyclic) bond motifs is 1. The van der Waals surface area contributed by atoms with Crippen LogP contribution in [-0.2, 0) is 11.2 Å². The Labute approximate surface area is 130 Å². The van der Waals surface area contributed by atoms with Crippen molar-refractivity contribution in [1.82, 2.24) is 8.58 Å². The minimum absolute atomic E-state index is 0.316. The number of methoxy groups -OCH3 is 1. The normalized spacial score (nSPS) is 10.8. The number of nitrogens with zero attached hydrogens (tertiary/aromatic N) is 2. The molecule has 21 heavy (non-hydrogen) atoms. The molecule has 3 rings (SSSR count). The van der Waals surface area contributed by atoms with Crippen LogP contribution in [0.2, 0.25) is 0 Å². The lowest BCUT2D eigenvalue weighted by atomic mass is 10.0. The van der Waals surface area contributed by atoms with E-state index < -0.39 is 0 Å². The summed E-state index contributed by atoms with van der Waals surface area (Å²) in [5.41, 5.74) is 3.72. The third-order valence-electron chi connectivity index (χ3n) is 3.32. The smallest absolute Gasteiger partial charge is 0.337 e. The maximum absolute atomic E-state index is 11.4. The molecule has 0 atom stereocenters. The van der Waals surface area contributed by atoms with E-state index in [9.17, 15) is 4.79 Å². The van der Waals surface area contributed by atoms with Crippen molar-refractivity contribution in [1.29, 1.82) is 0 Å². The van der Waals surface area contributed by atoms with Gasteiger partial charge >= 0.3 is 5.97 Å². The van der Waals surface area contributed by atoms with Crippen molar-refractivity contribution in [2.45, 2.75) is 6.42 Å². The number of esters is 1. The number of hydrogen-bond acceptors (Lipinski definition) is 3. The average Bonchev–Trinajstić information content (AvgIpc) is 2.88. The van der Waals surface area contributed by atoms with Gasteiger partial charge in [-0.1, -0.05) is 12.1 Å². The number of aromatic nitrogens is 2. The Bertz CT molecular complexity index is 794. The molecule has 2 heterocycles. The van der Waals surface area contributed by atoms with Crippen molar-refractivity contribution in [2.24, 2.45) is 0 Å². The van der Waals surface area contributed by atoms with Crippen molar-refractivity contribution in [3.63, 3.8) is 0 Å². The number of pyridine rings is 1. The highest BCUT2D eigenvalue weighted by atomic mass is 79.9. The number of halogens is 1. The van der Waals surface area contributed by atoms with Gasteiger partial charge in [0.25, 0.3) is 0 Å². The van der Waals surface area contributed by atoms with Crippen molar-refractivity contribution in [3.8, 4) is 0 Å². The number of carbonyl (C=O) groups excluding carboxylic acids is 1. The van der Waals surface area contributed by atoms with Gasteiger partial charge in [0.15, 0.2) is 0 Å². The number of rotatable bonds is 3. The molecule has 1 aromatic carbocycles. The van der Waals surface area contributed by atoms with Gasteiger partial charge in [0.1, 0.15) is 5.65 Å². The number of hydrogen-bond donors (Lipinski definition) is 0. The van der Waals surface area contributed by atoms with Crippen LogP contribution >= 0.6 is 16.1 Å². The summed E-state index contributed by atoms with van der Waals surface area (Å²) in [5.74, 6) is -0.316. The zero-order chi connectivity index (χ0) is 14.8. The summed E-state index contributed by atoms with van der Waals surface area (Å²) in [5, 5.41) is 1.09. The quantitative estimate of drug-likeness (QED) is 0.682. The molecule has 0 N–H and O–H groups in total. The molecule has 3 aromatic rings. The topological polar surface area (TPSA) is 44.1 Å². The fourth-order valence-electron chi connectivity index (χ4n) is 2.25. The van der Waals surface area contributed by atoms with Crippen LogP contribution in [0.25, 0.3) is 11.0 Å². The van der Waals surface area contributed by atoms with Crippen molar-refractivity contribution in [3.05, 3.63) is 65.5 Å². The van der Waals surface area contributed by atoms with E-state index in [1.807, 2.05) is 34.2 Å². The first-order valence-electron chi connectivity index (χ1n) is 6.47. The van der Waals surface area contributed by atoms with E-state index in [0.717, 1.165) is 28.6 Å². The Morgan fingerprint density at radius 2 is 2.00 bits per heavy atom. The maximum Gasteiger partial charge on any atom is 0.337 e. The van der Waals surface area contributed by atoms with Gasteiger partial charge < -0.3 is 4.74 Å². The summed E-state index contributed by atoms with van der Waals surface area (Å²) < 4.78 is 6.51. The highest BCUT2D eigenvalue weighted by molar-refractivity contribution is 9.08. The molecule has 2 aromatic heterocycles. The predicted molar refractivity (Wildman–Crippen MR) is 84.6 cm³/mol. The monoisotopic (exact) mass is 344 g/mol. The van der Waals surface area contributed by atoms with Gasteiger partial charge in [0, 0.05) is 17.8 Å². The first-order chi connectivity index (χ1) is 10.2. The molecule has 0 fully saturated rings. The standard InChI is InChI=1S/C16H13BrN2O2/c1-21-16(20)13-4-2-11(3-5-13)8-12-9-14-6-7-19(17)15(14)18-10-12/h2-7,9-10H,8H2,1H3. The molecule has 0 unspecified atom stereocenters. The third-order valence-corrected chi connectivity index (χ3v) is 3.89. The fourth-order valence-corrected chi connectivity index (χ4v) is 2.66. The number of carbonyl (C=O) groups is 1. The Kier molecular flexibility index (Phi) is 3.75. The molecular formula is C16H13BrN2O2. The molecule has 0 bridgehead atoms. The zero-order valence-electron chi connectivity index (χ0n) is 11.4. The van der Waals surface area contributed by atoms with Crippen LogP contribution in [0.5, 0.6) is 0 Å². The van der Waals surface area contributed by atoms with Gasteiger partial charge in [-0.25, -0.2) is 9.78 Å². The minimum Gasteiger partial charge on any atom is -0.465 e. The molecule has 0 saturated carbocycles. The van der Waals surface area contributed by atoms with Crippen molar-refractivity contribution in [2.75, 3.05) is 7.11 Å². The molecule has 0 amide bonds. The second-order valence-corrected chi connectivity index (χ2v) is 5.51. The Hall–Kier alpha value is -2.14. The lowest BCUT2D eigenvalue weighted by molar-refractivity contribution is 0.0600. The zero-order valence-corrected chi connectivity index (χ0v) is 13.0. The van der Waals surface area contributed by atoms with Gasteiger partial charge in [0.2, 0.25) is 0 Å². The van der Waals surface area contributed by atoms with Crippen molar-refractivity contribution >= 4 is 33.1 Å². The summed E-state index contributed by atoms with van der Waals surface area (Å²) in [6.07, 6.45) is 4.57. The SMILES string of the molecule is COC(=O)c1ccc(Cc2cnc3c(ccn3Br)c2)cc1. The molecule has 106 valence electrons. The Balaban J connectivity index is 1.82. The van der Waals surface area contributed by atoms with Gasteiger partial charge in [-0.3, -0.25) is 3.59 Å². The van der Waals surface area contributed by atoms with E-state index in [1.54, 1.807) is 12.1 Å². The van der Waals surface area contributed by atoms with E-state index in [1.165, 1.54) is 7.11 Å². The molecule has 4 nitrogen and oxygen atoms in total. The van der Waals surface area contributed by atoms with E-state index in [0.29, 0.717) is 5.56 Å². The maximum atomic E-state index is 11.4. The molecular weight excluding hydrogens is 332 g/mol. The van der Waals surface area contributed by atoms with Gasteiger partial charge in [-0.15, -0.1) is 0 Å². The molecule has 0 spiro atoms. The molecule has 5 heteroatoms. The lowest BCUT2D eigenvalue weighted by Gasteiger charge is -2.04. The summed E-state index contributed by atoms with van der Waals surface area (Å²) in [7, 11) is 1.38. The Morgan fingerprint density at radius 1 is 1.24 bits per heavy atom. The Morgan fingerprint density at radius 3 is 2.71 bits per heavy atom. The largest absolute Gasteiger partial charge is 0.465 e. The van der Waals surface area contributed by atoms with E-state index in [4.69, 9.17) is 0 Å². The molecule has 0 saturated heterocycles. The van der Waals surface area contributed by atoms with E-state index in [-0.39, 0.29) is 5.97 Å². The highest BCUT2D eigenvalue weighted by Gasteiger charge is 2.06. The summed E-state index contributed by atoms with van der Waals surface area (Å²) in [4.78, 5) is 15.8. The van der Waals surface area contributed by atoms with Crippen molar-refractivity contribution < 1.29 is 9.53 Å². The highest BCUT2D eigenvalue weighted by Crippen LogP contribution is 2.19. The van der Waals surface area contributed by atoms with Crippen LogP contribution in [0.3, 0.4) is 0 Å². The van der Waals surface area contributed by atoms with Crippen LogP contribution in [0.15, 0.2) is 48.8 Å². The van der Waals surface area contributed by atoms with Crippen LogP contribution < -0.4 is 0 Å². The number of ether oxygens (including phenoxy) is 1. The summed E-state index contributed by atoms with van der Waals surface area (Å²) in [6.45, 7) is 0. The van der Waals surface area contributed by atoms with E-state index >= 15 is 0 Å². The summed E-state index contributed by atoms with van der Waals surface area (Å²) in [6, 6.07) is 11.6. The predicted octanol–water partition coefficient (Wildman–Crippen LogP) is 3.57. The lowest BCUT2D eigenvalue weighted by Crippen LogP contribution is -2.01. The second kappa shape index (κ2) is 5.69. The van der Waals surface area contributed by atoms with Gasteiger partial charge in [-0.2, -0.15) is 0 Å².